The number of carbonyl (C=O) groups is 3. The summed E-state index contributed by atoms with van der Waals surface area (Å²) in [4.78, 5) is 37.3. The summed E-state index contributed by atoms with van der Waals surface area (Å²) in [6, 6.07) is -1.68. The standard InChI is InChI=1S/C16H23F2N3O7/c1-6-10(26-8(3)22)13(27-9(4)23)12-7(2)11(20-21-19)14(17)16(18,28-12)15(24)25-5/h7,10-14H,6H2,1-5H3. The molecule has 1 aliphatic heterocycles. The van der Waals surface area contributed by atoms with E-state index in [9.17, 15) is 18.8 Å². The quantitative estimate of drug-likeness (QED) is 0.207. The molecule has 1 saturated heterocycles. The third kappa shape index (κ3) is 4.87. The van der Waals surface area contributed by atoms with Gasteiger partial charge in [-0.05, 0) is 17.9 Å². The SMILES string of the molecule is CCC(OC(C)=O)C(OC(C)=O)C1OC(F)(C(=O)OC)C(F)C(N=[N+]=[N-])C1C. The molecule has 158 valence electrons. The highest BCUT2D eigenvalue weighted by Crippen LogP contribution is 2.41. The van der Waals surface area contributed by atoms with Gasteiger partial charge >= 0.3 is 23.8 Å². The van der Waals surface area contributed by atoms with Crippen molar-refractivity contribution in [3.8, 4) is 0 Å². The molecule has 0 N–H and O–H groups in total. The van der Waals surface area contributed by atoms with Gasteiger partial charge in [0, 0.05) is 18.8 Å². The Morgan fingerprint density at radius 1 is 1.29 bits per heavy atom. The van der Waals surface area contributed by atoms with Gasteiger partial charge in [0.05, 0.1) is 13.2 Å². The number of hydrogen-bond donors (Lipinski definition) is 0. The van der Waals surface area contributed by atoms with Crippen molar-refractivity contribution in [2.24, 2.45) is 11.0 Å². The normalized spacial score (nSPS) is 31.7. The van der Waals surface area contributed by atoms with Crippen LogP contribution in [0.5, 0.6) is 0 Å². The largest absolute Gasteiger partial charge is 0.465 e. The van der Waals surface area contributed by atoms with Gasteiger partial charge in [-0.25, -0.2) is 9.18 Å². The number of alkyl halides is 2. The Morgan fingerprint density at radius 3 is 2.29 bits per heavy atom. The fraction of sp³-hybridized carbons (Fsp3) is 0.812. The van der Waals surface area contributed by atoms with Crippen LogP contribution in [0.3, 0.4) is 0 Å². The maximum absolute atomic E-state index is 15.2. The zero-order valence-electron chi connectivity index (χ0n) is 16.1. The lowest BCUT2D eigenvalue weighted by Gasteiger charge is -2.46. The predicted molar refractivity (Wildman–Crippen MR) is 89.1 cm³/mol. The summed E-state index contributed by atoms with van der Waals surface area (Å²) in [5.74, 6) is -7.86. The van der Waals surface area contributed by atoms with Gasteiger partial charge in [0.1, 0.15) is 12.2 Å². The van der Waals surface area contributed by atoms with Crippen LogP contribution in [0, 0.1) is 5.92 Å². The molecule has 28 heavy (non-hydrogen) atoms. The third-order valence-corrected chi connectivity index (χ3v) is 4.38. The molecule has 1 heterocycles. The zero-order valence-corrected chi connectivity index (χ0v) is 16.1. The van der Waals surface area contributed by atoms with E-state index in [1.54, 1.807) is 6.92 Å². The molecule has 0 aromatic carbocycles. The molecule has 1 aliphatic rings. The van der Waals surface area contributed by atoms with Crippen LogP contribution in [-0.4, -0.2) is 61.4 Å². The topological polar surface area (TPSA) is 137 Å². The van der Waals surface area contributed by atoms with Crippen molar-refractivity contribution in [3.05, 3.63) is 10.4 Å². The van der Waals surface area contributed by atoms with E-state index in [0.29, 0.717) is 0 Å². The number of methoxy groups -OCH3 is 1. The van der Waals surface area contributed by atoms with Crippen LogP contribution in [0.4, 0.5) is 8.78 Å². The Bertz CT molecular complexity index is 658. The number of esters is 3. The van der Waals surface area contributed by atoms with Crippen LogP contribution in [0.2, 0.25) is 0 Å². The molecule has 0 aromatic heterocycles. The summed E-state index contributed by atoms with van der Waals surface area (Å²) in [5.41, 5.74) is 8.72. The van der Waals surface area contributed by atoms with E-state index in [2.05, 4.69) is 14.8 Å². The average molecular weight is 407 g/mol. The Kier molecular flexibility index (Phi) is 8.13. The highest BCUT2D eigenvalue weighted by atomic mass is 19.2. The number of carbonyl (C=O) groups excluding carboxylic acids is 3. The third-order valence-electron chi connectivity index (χ3n) is 4.38. The smallest absolute Gasteiger partial charge is 0.375 e. The molecule has 0 saturated carbocycles. The Balaban J connectivity index is 3.46. The summed E-state index contributed by atoms with van der Waals surface area (Å²) in [6.07, 6.45) is -6.51. The molecule has 0 bridgehead atoms. The molecule has 1 fully saturated rings. The van der Waals surface area contributed by atoms with Crippen LogP contribution >= 0.6 is 0 Å². The van der Waals surface area contributed by atoms with Gasteiger partial charge in [0.2, 0.25) is 0 Å². The molecule has 0 aliphatic carbocycles. The minimum Gasteiger partial charge on any atom is -0.465 e. The van der Waals surface area contributed by atoms with Crippen LogP contribution in [0.15, 0.2) is 5.11 Å². The Morgan fingerprint density at radius 2 is 1.86 bits per heavy atom. The minimum atomic E-state index is -3.61. The number of rotatable bonds is 7. The van der Waals surface area contributed by atoms with E-state index in [0.717, 1.165) is 21.0 Å². The molecule has 0 spiro atoms. The predicted octanol–water partition coefficient (Wildman–Crippen LogP) is 2.15. The number of azide groups is 1. The number of nitrogens with zero attached hydrogens (tertiary/aromatic N) is 3. The van der Waals surface area contributed by atoms with Crippen LogP contribution in [-0.2, 0) is 33.3 Å². The molecule has 12 heteroatoms. The van der Waals surface area contributed by atoms with E-state index >= 15 is 4.39 Å². The maximum atomic E-state index is 15.2. The summed E-state index contributed by atoms with van der Waals surface area (Å²) >= 11 is 0. The molecule has 1 rings (SSSR count). The molecule has 0 aromatic rings. The second kappa shape index (κ2) is 9.65. The maximum Gasteiger partial charge on any atom is 0.375 e. The fourth-order valence-corrected chi connectivity index (χ4v) is 3.08. The van der Waals surface area contributed by atoms with Crippen molar-refractivity contribution in [2.45, 2.75) is 70.5 Å². The second-order valence-electron chi connectivity index (χ2n) is 6.31. The van der Waals surface area contributed by atoms with E-state index in [1.165, 1.54) is 6.92 Å². The molecule has 0 amide bonds. The summed E-state index contributed by atoms with van der Waals surface area (Å²) in [7, 11) is 0.826. The number of halogens is 2. The van der Waals surface area contributed by atoms with Crippen LogP contribution < -0.4 is 0 Å². The highest BCUT2D eigenvalue weighted by Gasteiger charge is 2.62. The van der Waals surface area contributed by atoms with Crippen molar-refractivity contribution in [2.75, 3.05) is 7.11 Å². The molecule has 10 nitrogen and oxygen atoms in total. The number of hydrogen-bond acceptors (Lipinski definition) is 8. The lowest BCUT2D eigenvalue weighted by Crippen LogP contribution is -2.64. The van der Waals surface area contributed by atoms with Gasteiger partial charge in [-0.15, -0.1) is 0 Å². The first-order valence-electron chi connectivity index (χ1n) is 8.51. The first-order valence-corrected chi connectivity index (χ1v) is 8.51. The van der Waals surface area contributed by atoms with Gasteiger partial charge in [-0.3, -0.25) is 9.59 Å². The first-order chi connectivity index (χ1) is 13.0. The van der Waals surface area contributed by atoms with Gasteiger partial charge in [-0.2, -0.15) is 4.39 Å². The zero-order chi connectivity index (χ0) is 21.6. The fourth-order valence-electron chi connectivity index (χ4n) is 3.08. The van der Waals surface area contributed by atoms with Crippen molar-refractivity contribution < 1.29 is 42.1 Å². The Labute approximate surface area is 160 Å². The van der Waals surface area contributed by atoms with Gasteiger partial charge in [-0.1, -0.05) is 19.0 Å². The summed E-state index contributed by atoms with van der Waals surface area (Å²) in [5, 5.41) is 3.25. The second-order valence-corrected chi connectivity index (χ2v) is 6.31. The minimum absolute atomic E-state index is 0.132. The van der Waals surface area contributed by atoms with Crippen LogP contribution in [0.25, 0.3) is 10.4 Å². The molecule has 0 radical (unpaired) electrons. The van der Waals surface area contributed by atoms with Crippen molar-refractivity contribution in [1.82, 2.24) is 0 Å². The summed E-state index contributed by atoms with van der Waals surface area (Å²) in [6.45, 7) is 5.15. The first kappa shape index (κ1) is 23.6. The van der Waals surface area contributed by atoms with Gasteiger partial charge in [0.25, 0.3) is 0 Å². The average Bonchev–Trinajstić information content (AvgIpc) is 2.63. The van der Waals surface area contributed by atoms with E-state index in [1.807, 2.05) is 0 Å². The van der Waals surface area contributed by atoms with Crippen molar-refractivity contribution in [1.29, 1.82) is 0 Å². The molecular weight excluding hydrogens is 384 g/mol. The van der Waals surface area contributed by atoms with Gasteiger partial charge in [0.15, 0.2) is 12.3 Å². The van der Waals surface area contributed by atoms with Crippen molar-refractivity contribution >= 4 is 17.9 Å². The Hall–Kier alpha value is -2.46. The highest BCUT2D eigenvalue weighted by molar-refractivity contribution is 5.79. The lowest BCUT2D eigenvalue weighted by atomic mass is 9.82. The van der Waals surface area contributed by atoms with E-state index < -0.39 is 60.2 Å². The molecular formula is C16H23F2N3O7. The monoisotopic (exact) mass is 407 g/mol. The van der Waals surface area contributed by atoms with E-state index in [-0.39, 0.29) is 6.42 Å². The van der Waals surface area contributed by atoms with Crippen molar-refractivity contribution in [3.63, 3.8) is 0 Å². The van der Waals surface area contributed by atoms with Gasteiger partial charge < -0.3 is 18.9 Å². The molecule has 7 unspecified atom stereocenters. The van der Waals surface area contributed by atoms with Crippen LogP contribution in [0.1, 0.15) is 34.1 Å². The molecule has 7 atom stereocenters. The number of ether oxygens (including phenoxy) is 4. The lowest BCUT2D eigenvalue weighted by molar-refractivity contribution is -0.285. The summed E-state index contributed by atoms with van der Waals surface area (Å²) < 4.78 is 49.5. The van der Waals surface area contributed by atoms with E-state index in [4.69, 9.17) is 19.7 Å².